The number of carbonyl (C=O) groups is 2. The van der Waals surface area contributed by atoms with E-state index < -0.39 is 0 Å². The van der Waals surface area contributed by atoms with Gasteiger partial charge >= 0.3 is 0 Å². The fourth-order valence-electron chi connectivity index (χ4n) is 4.14. The summed E-state index contributed by atoms with van der Waals surface area (Å²) < 4.78 is 10.8. The second kappa shape index (κ2) is 9.24. The molecule has 2 heterocycles. The van der Waals surface area contributed by atoms with Crippen molar-refractivity contribution in [3.63, 3.8) is 0 Å². The minimum absolute atomic E-state index is 0.0152. The Morgan fingerprint density at radius 2 is 2.04 bits per heavy atom. The fourth-order valence-corrected chi connectivity index (χ4v) is 4.14. The SMILES string of the molecule is C=C[C@@H]1OCC[C@H]1C(=O)N1CCN(C(=O)c2ccc(OC)cc2)C(CCC)C1. The molecule has 2 fully saturated rings. The van der Waals surface area contributed by atoms with E-state index in [2.05, 4.69) is 13.5 Å². The van der Waals surface area contributed by atoms with Gasteiger partial charge in [0.05, 0.1) is 19.1 Å². The molecule has 1 unspecified atom stereocenters. The van der Waals surface area contributed by atoms with Crippen molar-refractivity contribution >= 4 is 11.8 Å². The van der Waals surface area contributed by atoms with Crippen LogP contribution in [0.3, 0.4) is 0 Å². The molecule has 3 rings (SSSR count). The van der Waals surface area contributed by atoms with Gasteiger partial charge in [-0.3, -0.25) is 9.59 Å². The standard InChI is InChI=1S/C22H30N2O4/c1-4-6-17-15-23(22(26)19-11-14-28-20(19)5-2)12-13-24(17)21(25)16-7-9-18(27-3)10-8-16/h5,7-10,17,19-20H,2,4,6,11-15H2,1,3H3/t17?,19-,20+/m1/s1. The number of amides is 2. The Kier molecular flexibility index (Phi) is 6.73. The number of hydrogen-bond donors (Lipinski definition) is 0. The summed E-state index contributed by atoms with van der Waals surface area (Å²) >= 11 is 0. The van der Waals surface area contributed by atoms with Gasteiger partial charge in [-0.1, -0.05) is 19.4 Å². The van der Waals surface area contributed by atoms with Crippen LogP contribution in [0.1, 0.15) is 36.5 Å². The summed E-state index contributed by atoms with van der Waals surface area (Å²) in [6.45, 7) is 8.18. The Balaban J connectivity index is 1.70. The van der Waals surface area contributed by atoms with Crippen LogP contribution in [0, 0.1) is 5.92 Å². The largest absolute Gasteiger partial charge is 0.497 e. The highest BCUT2D eigenvalue weighted by atomic mass is 16.5. The first-order valence-corrected chi connectivity index (χ1v) is 10.1. The maximum atomic E-state index is 13.1. The predicted octanol–water partition coefficient (Wildman–Crippen LogP) is 2.74. The third kappa shape index (κ3) is 4.22. The van der Waals surface area contributed by atoms with Crippen molar-refractivity contribution in [3.8, 4) is 5.75 Å². The summed E-state index contributed by atoms with van der Waals surface area (Å²) in [5.74, 6) is 0.720. The maximum Gasteiger partial charge on any atom is 0.254 e. The second-order valence-electron chi connectivity index (χ2n) is 7.42. The van der Waals surface area contributed by atoms with Gasteiger partial charge in [0.15, 0.2) is 0 Å². The van der Waals surface area contributed by atoms with E-state index in [0.29, 0.717) is 31.8 Å². The molecule has 2 aliphatic heterocycles. The summed E-state index contributed by atoms with van der Waals surface area (Å²) in [6.07, 6.45) is 4.09. The summed E-state index contributed by atoms with van der Waals surface area (Å²) in [5.41, 5.74) is 0.651. The van der Waals surface area contributed by atoms with E-state index in [0.717, 1.165) is 25.0 Å². The van der Waals surface area contributed by atoms with Crippen molar-refractivity contribution in [2.45, 2.75) is 38.3 Å². The second-order valence-corrected chi connectivity index (χ2v) is 7.42. The lowest BCUT2D eigenvalue weighted by atomic mass is 9.97. The van der Waals surface area contributed by atoms with Gasteiger partial charge in [0.2, 0.25) is 5.91 Å². The minimum atomic E-state index is -0.198. The van der Waals surface area contributed by atoms with Crippen LogP contribution >= 0.6 is 0 Å². The zero-order valence-electron chi connectivity index (χ0n) is 16.8. The third-order valence-corrected chi connectivity index (χ3v) is 5.70. The molecule has 2 saturated heterocycles. The van der Waals surface area contributed by atoms with E-state index in [4.69, 9.17) is 9.47 Å². The fraction of sp³-hybridized carbons (Fsp3) is 0.545. The number of nitrogens with zero attached hydrogens (tertiary/aromatic N) is 2. The Morgan fingerprint density at radius 3 is 2.68 bits per heavy atom. The normalized spacial score (nSPS) is 24.9. The Morgan fingerprint density at radius 1 is 1.29 bits per heavy atom. The third-order valence-electron chi connectivity index (χ3n) is 5.70. The molecule has 0 bridgehead atoms. The van der Waals surface area contributed by atoms with Crippen LogP contribution in [-0.2, 0) is 9.53 Å². The van der Waals surface area contributed by atoms with Crippen molar-refractivity contribution in [3.05, 3.63) is 42.5 Å². The van der Waals surface area contributed by atoms with Crippen molar-refractivity contribution in [2.75, 3.05) is 33.4 Å². The van der Waals surface area contributed by atoms with Crippen LogP contribution in [-0.4, -0.2) is 67.1 Å². The monoisotopic (exact) mass is 386 g/mol. The zero-order chi connectivity index (χ0) is 20.1. The van der Waals surface area contributed by atoms with Gasteiger partial charge in [0, 0.05) is 37.8 Å². The van der Waals surface area contributed by atoms with Crippen molar-refractivity contribution < 1.29 is 19.1 Å². The smallest absolute Gasteiger partial charge is 0.254 e. The average molecular weight is 386 g/mol. The molecule has 6 nitrogen and oxygen atoms in total. The van der Waals surface area contributed by atoms with Crippen LogP contribution in [0.15, 0.2) is 36.9 Å². The zero-order valence-corrected chi connectivity index (χ0v) is 16.8. The Labute approximate surface area is 167 Å². The minimum Gasteiger partial charge on any atom is -0.497 e. The molecule has 1 aromatic carbocycles. The van der Waals surface area contributed by atoms with Crippen molar-refractivity contribution in [1.29, 1.82) is 0 Å². The van der Waals surface area contributed by atoms with Crippen LogP contribution < -0.4 is 4.74 Å². The number of piperazine rings is 1. The molecule has 6 heteroatoms. The lowest BCUT2D eigenvalue weighted by molar-refractivity contribution is -0.139. The summed E-state index contributed by atoms with van der Waals surface area (Å²) in [7, 11) is 1.61. The van der Waals surface area contributed by atoms with Gasteiger partial charge in [0.1, 0.15) is 5.75 Å². The quantitative estimate of drug-likeness (QED) is 0.706. The van der Waals surface area contributed by atoms with Crippen LogP contribution in [0.2, 0.25) is 0 Å². The van der Waals surface area contributed by atoms with Gasteiger partial charge in [-0.05, 0) is 37.1 Å². The molecule has 0 aliphatic carbocycles. The van der Waals surface area contributed by atoms with Gasteiger partial charge in [0.25, 0.3) is 5.91 Å². The molecule has 0 N–H and O–H groups in total. The summed E-state index contributed by atoms with van der Waals surface area (Å²) in [5, 5.41) is 0. The first kappa shape index (κ1) is 20.4. The lowest BCUT2D eigenvalue weighted by Crippen LogP contribution is -2.57. The number of ether oxygens (including phenoxy) is 2. The van der Waals surface area contributed by atoms with Gasteiger partial charge in [-0.25, -0.2) is 0 Å². The van der Waals surface area contributed by atoms with Gasteiger partial charge in [-0.2, -0.15) is 0 Å². The molecule has 0 radical (unpaired) electrons. The van der Waals surface area contributed by atoms with E-state index in [1.165, 1.54) is 0 Å². The Hall–Kier alpha value is -2.34. The molecule has 0 spiro atoms. The van der Waals surface area contributed by atoms with E-state index in [9.17, 15) is 9.59 Å². The van der Waals surface area contributed by atoms with Crippen molar-refractivity contribution in [2.24, 2.45) is 5.92 Å². The summed E-state index contributed by atoms with van der Waals surface area (Å²) in [4.78, 5) is 29.9. The average Bonchev–Trinajstić information content (AvgIpc) is 3.22. The maximum absolute atomic E-state index is 13.1. The lowest BCUT2D eigenvalue weighted by Gasteiger charge is -2.42. The molecule has 2 aliphatic rings. The highest BCUT2D eigenvalue weighted by Gasteiger charge is 2.38. The highest BCUT2D eigenvalue weighted by Crippen LogP contribution is 2.26. The number of rotatable bonds is 6. The van der Waals surface area contributed by atoms with Crippen LogP contribution in [0.4, 0.5) is 0 Å². The molecular formula is C22H30N2O4. The molecule has 0 aromatic heterocycles. The molecule has 2 amide bonds. The summed E-state index contributed by atoms with van der Waals surface area (Å²) in [6, 6.07) is 7.23. The number of carbonyl (C=O) groups excluding carboxylic acids is 2. The number of methoxy groups -OCH3 is 1. The van der Waals surface area contributed by atoms with Crippen molar-refractivity contribution in [1.82, 2.24) is 9.80 Å². The van der Waals surface area contributed by atoms with E-state index >= 15 is 0 Å². The van der Waals surface area contributed by atoms with Gasteiger partial charge in [-0.15, -0.1) is 6.58 Å². The highest BCUT2D eigenvalue weighted by molar-refractivity contribution is 5.94. The molecule has 28 heavy (non-hydrogen) atoms. The molecule has 1 aromatic rings. The van der Waals surface area contributed by atoms with E-state index in [-0.39, 0.29) is 29.9 Å². The van der Waals surface area contributed by atoms with Crippen LogP contribution in [0.5, 0.6) is 5.75 Å². The first-order chi connectivity index (χ1) is 13.6. The van der Waals surface area contributed by atoms with Crippen LogP contribution in [0.25, 0.3) is 0 Å². The molecular weight excluding hydrogens is 356 g/mol. The topological polar surface area (TPSA) is 59.1 Å². The molecule has 0 saturated carbocycles. The number of benzene rings is 1. The molecule has 3 atom stereocenters. The van der Waals surface area contributed by atoms with Gasteiger partial charge < -0.3 is 19.3 Å². The number of hydrogen-bond acceptors (Lipinski definition) is 4. The van der Waals surface area contributed by atoms with E-state index in [1.54, 1.807) is 37.5 Å². The predicted molar refractivity (Wildman–Crippen MR) is 107 cm³/mol. The Bertz CT molecular complexity index is 703. The van der Waals surface area contributed by atoms with E-state index in [1.807, 2.05) is 9.80 Å². The molecule has 152 valence electrons. The first-order valence-electron chi connectivity index (χ1n) is 10.1.